The van der Waals surface area contributed by atoms with Crippen molar-refractivity contribution < 1.29 is 23.9 Å². The van der Waals surface area contributed by atoms with E-state index in [0.29, 0.717) is 18.7 Å². The van der Waals surface area contributed by atoms with E-state index in [1.54, 1.807) is 24.3 Å². The van der Waals surface area contributed by atoms with Gasteiger partial charge in [-0.25, -0.2) is 4.79 Å². The molecule has 1 atom stereocenters. The molecule has 0 saturated heterocycles. The van der Waals surface area contributed by atoms with Crippen LogP contribution in [-0.2, 0) is 20.9 Å². The summed E-state index contributed by atoms with van der Waals surface area (Å²) < 4.78 is 10.5. The van der Waals surface area contributed by atoms with Crippen molar-refractivity contribution in [2.24, 2.45) is 0 Å². The number of rotatable bonds is 15. The maximum Gasteiger partial charge on any atom is 0.408 e. The summed E-state index contributed by atoms with van der Waals surface area (Å²) in [7, 11) is 0. The smallest absolute Gasteiger partial charge is 0.408 e. The Morgan fingerprint density at radius 3 is 2.27 bits per heavy atom. The van der Waals surface area contributed by atoms with Crippen molar-refractivity contribution in [1.82, 2.24) is 10.6 Å². The third-order valence-corrected chi connectivity index (χ3v) is 4.99. The summed E-state index contributed by atoms with van der Waals surface area (Å²) in [6.07, 6.45) is 3.71. The van der Waals surface area contributed by atoms with Crippen molar-refractivity contribution in [3.05, 3.63) is 71.8 Å². The van der Waals surface area contributed by atoms with Gasteiger partial charge in [-0.3, -0.25) is 9.59 Å². The van der Waals surface area contributed by atoms with Crippen molar-refractivity contribution in [1.29, 1.82) is 0 Å². The first kappa shape index (κ1) is 26.1. The highest BCUT2D eigenvalue weighted by Gasteiger charge is 2.22. The monoisotopic (exact) mass is 454 g/mol. The average Bonchev–Trinajstić information content (AvgIpc) is 2.85. The number of carbonyl (C=O) groups excluding carboxylic acids is 3. The van der Waals surface area contributed by atoms with Crippen LogP contribution in [0.4, 0.5) is 4.79 Å². The van der Waals surface area contributed by atoms with Gasteiger partial charge in [0.25, 0.3) is 0 Å². The highest BCUT2D eigenvalue weighted by Crippen LogP contribution is 2.05. The second-order valence-corrected chi connectivity index (χ2v) is 7.72. The third kappa shape index (κ3) is 10.8. The fraction of sp³-hybridized carbons (Fsp3) is 0.423. The molecule has 178 valence electrons. The maximum atomic E-state index is 12.9. The number of Topliss-reactive ketones (excluding diaryl/α,β-unsaturated/α-hetero) is 1. The molecular weight excluding hydrogens is 420 g/mol. The molecule has 0 aliphatic heterocycles. The van der Waals surface area contributed by atoms with Crippen LogP contribution in [0.5, 0.6) is 0 Å². The summed E-state index contributed by atoms with van der Waals surface area (Å²) in [6.45, 7) is 3.18. The first-order chi connectivity index (χ1) is 16.1. The van der Waals surface area contributed by atoms with Gasteiger partial charge in [-0.05, 0) is 12.0 Å². The van der Waals surface area contributed by atoms with E-state index in [2.05, 4.69) is 17.6 Å². The van der Waals surface area contributed by atoms with Gasteiger partial charge in [0.05, 0.1) is 13.0 Å². The molecule has 0 fully saturated rings. The van der Waals surface area contributed by atoms with Crippen LogP contribution in [0.1, 0.15) is 54.9 Å². The Morgan fingerprint density at radius 2 is 1.58 bits per heavy atom. The highest BCUT2D eigenvalue weighted by atomic mass is 16.5. The van der Waals surface area contributed by atoms with Crippen molar-refractivity contribution >= 4 is 17.8 Å². The number of amides is 1. The van der Waals surface area contributed by atoms with Gasteiger partial charge in [0, 0.05) is 18.7 Å². The van der Waals surface area contributed by atoms with Gasteiger partial charge in [-0.2, -0.15) is 0 Å². The molecule has 2 N–H and O–H groups in total. The molecule has 0 spiro atoms. The molecule has 0 saturated carbocycles. The lowest BCUT2D eigenvalue weighted by Gasteiger charge is -2.18. The number of benzene rings is 2. The molecule has 7 nitrogen and oxygen atoms in total. The van der Waals surface area contributed by atoms with E-state index in [-0.39, 0.29) is 31.3 Å². The van der Waals surface area contributed by atoms with E-state index in [4.69, 9.17) is 9.47 Å². The third-order valence-electron chi connectivity index (χ3n) is 4.99. The number of ether oxygens (including phenoxy) is 2. The second kappa shape index (κ2) is 15.6. The van der Waals surface area contributed by atoms with Gasteiger partial charge in [0.15, 0.2) is 5.78 Å². The zero-order valence-electron chi connectivity index (χ0n) is 19.3. The SMILES string of the molecule is CCCCCCOC(=O)CCNCC(NC(=O)OCc1ccccc1)C(=O)c1ccccc1. The van der Waals surface area contributed by atoms with E-state index in [1.807, 2.05) is 36.4 Å². The maximum absolute atomic E-state index is 12.9. The molecule has 1 unspecified atom stereocenters. The van der Waals surface area contributed by atoms with Crippen LogP contribution in [0.3, 0.4) is 0 Å². The molecule has 0 aliphatic carbocycles. The Morgan fingerprint density at radius 1 is 0.879 bits per heavy atom. The van der Waals surface area contributed by atoms with E-state index >= 15 is 0 Å². The lowest BCUT2D eigenvalue weighted by atomic mass is 10.0. The molecular formula is C26H34N2O5. The highest BCUT2D eigenvalue weighted by molar-refractivity contribution is 6.01. The Balaban J connectivity index is 1.80. The zero-order chi connectivity index (χ0) is 23.7. The van der Waals surface area contributed by atoms with Crippen molar-refractivity contribution in [3.8, 4) is 0 Å². The molecule has 0 radical (unpaired) electrons. The Labute approximate surface area is 195 Å². The number of carbonyl (C=O) groups is 3. The summed E-state index contributed by atoms with van der Waals surface area (Å²) in [4.78, 5) is 37.1. The molecule has 1 amide bonds. The topological polar surface area (TPSA) is 93.7 Å². The lowest BCUT2D eigenvalue weighted by Crippen LogP contribution is -2.47. The minimum Gasteiger partial charge on any atom is -0.466 e. The molecule has 7 heteroatoms. The second-order valence-electron chi connectivity index (χ2n) is 7.72. The van der Waals surface area contributed by atoms with Gasteiger partial charge >= 0.3 is 12.1 Å². The van der Waals surface area contributed by atoms with E-state index < -0.39 is 12.1 Å². The number of ketones is 1. The molecule has 0 aliphatic rings. The number of esters is 1. The molecule has 2 rings (SSSR count). The molecule has 2 aromatic rings. The van der Waals surface area contributed by atoms with Crippen molar-refractivity contribution in [2.45, 2.75) is 51.7 Å². The molecule has 33 heavy (non-hydrogen) atoms. The van der Waals surface area contributed by atoms with Crippen LogP contribution in [0.25, 0.3) is 0 Å². The first-order valence-electron chi connectivity index (χ1n) is 11.5. The molecule has 2 aromatic carbocycles. The van der Waals surface area contributed by atoms with Crippen LogP contribution in [0.15, 0.2) is 60.7 Å². The predicted octanol–water partition coefficient (Wildman–Crippen LogP) is 4.27. The zero-order valence-corrected chi connectivity index (χ0v) is 19.3. The number of hydrogen-bond acceptors (Lipinski definition) is 6. The first-order valence-corrected chi connectivity index (χ1v) is 11.5. The largest absolute Gasteiger partial charge is 0.466 e. The summed E-state index contributed by atoms with van der Waals surface area (Å²) in [6, 6.07) is 17.2. The van der Waals surface area contributed by atoms with E-state index in [9.17, 15) is 14.4 Å². The standard InChI is InChI=1S/C26H34N2O5/c1-2-3-4-11-18-32-24(29)16-17-27-19-23(25(30)22-14-9-6-10-15-22)28-26(31)33-20-21-12-7-5-8-13-21/h5-10,12-15,23,27H,2-4,11,16-20H2,1H3,(H,28,31). The fourth-order valence-electron chi connectivity index (χ4n) is 3.14. The van der Waals surface area contributed by atoms with E-state index in [0.717, 1.165) is 31.2 Å². The van der Waals surface area contributed by atoms with Crippen LogP contribution in [0.2, 0.25) is 0 Å². The summed E-state index contributed by atoms with van der Waals surface area (Å²) >= 11 is 0. The lowest BCUT2D eigenvalue weighted by molar-refractivity contribution is -0.143. The number of nitrogens with one attached hydrogen (secondary N) is 2. The summed E-state index contributed by atoms with van der Waals surface area (Å²) in [5, 5.41) is 5.70. The minimum atomic E-state index is -0.833. The summed E-state index contributed by atoms with van der Waals surface area (Å²) in [5.74, 6) is -0.515. The van der Waals surface area contributed by atoms with Gasteiger partial charge in [0.1, 0.15) is 12.6 Å². The number of hydrogen-bond donors (Lipinski definition) is 2. The molecule has 0 bridgehead atoms. The Hall–Kier alpha value is -3.19. The normalized spacial score (nSPS) is 11.4. The number of alkyl carbamates (subject to hydrolysis) is 1. The quantitative estimate of drug-likeness (QED) is 0.237. The Kier molecular flexibility index (Phi) is 12.3. The van der Waals surface area contributed by atoms with Gasteiger partial charge in [-0.1, -0.05) is 86.8 Å². The molecule has 0 heterocycles. The average molecular weight is 455 g/mol. The number of unbranched alkanes of at least 4 members (excludes halogenated alkanes) is 3. The van der Waals surface area contributed by atoms with Gasteiger partial charge in [-0.15, -0.1) is 0 Å². The van der Waals surface area contributed by atoms with Crippen LogP contribution < -0.4 is 10.6 Å². The Bertz CT molecular complexity index is 842. The fourth-order valence-corrected chi connectivity index (χ4v) is 3.14. The van der Waals surface area contributed by atoms with Crippen LogP contribution in [-0.4, -0.2) is 43.6 Å². The van der Waals surface area contributed by atoms with Gasteiger partial charge < -0.3 is 20.1 Å². The van der Waals surface area contributed by atoms with Crippen molar-refractivity contribution in [3.63, 3.8) is 0 Å². The van der Waals surface area contributed by atoms with Gasteiger partial charge in [0.2, 0.25) is 0 Å². The van der Waals surface area contributed by atoms with Crippen LogP contribution in [0, 0.1) is 0 Å². The predicted molar refractivity (Wildman–Crippen MR) is 127 cm³/mol. The summed E-state index contributed by atoms with van der Waals surface area (Å²) in [5.41, 5.74) is 1.34. The van der Waals surface area contributed by atoms with Crippen LogP contribution >= 0.6 is 0 Å². The van der Waals surface area contributed by atoms with Crippen molar-refractivity contribution in [2.75, 3.05) is 19.7 Å². The minimum absolute atomic E-state index is 0.108. The molecule has 0 aromatic heterocycles. The van der Waals surface area contributed by atoms with E-state index in [1.165, 1.54) is 0 Å².